The summed E-state index contributed by atoms with van der Waals surface area (Å²) in [4.78, 5) is 27.4. The van der Waals surface area contributed by atoms with E-state index < -0.39 is 19.4 Å². The Morgan fingerprint density at radius 3 is 1.41 bits per heavy atom. The Morgan fingerprint density at radius 2 is 0.977 bits per heavy atom. The standard InChI is InChI=1S/C37H34O6P/c1-26(28-11-8-12-29(25-28)36(38)27-9-6-5-7-10-27)37(39)43-44(33-19-13-30(40-2)14-20-33,34-21-15-31(41-3)16-22-34)35-23-17-32(42-4)18-24-35/h5-26H,1-4H3/q+1. The van der Waals surface area contributed by atoms with Gasteiger partial charge in [-0.05, 0) is 91.3 Å². The van der Waals surface area contributed by atoms with Crippen LogP contribution in [0.4, 0.5) is 0 Å². The van der Waals surface area contributed by atoms with Crippen molar-refractivity contribution in [2.75, 3.05) is 21.3 Å². The van der Waals surface area contributed by atoms with Gasteiger partial charge in [0.05, 0.1) is 27.2 Å². The summed E-state index contributed by atoms with van der Waals surface area (Å²) in [6, 6.07) is 39.1. The van der Waals surface area contributed by atoms with E-state index in [0.29, 0.717) is 33.9 Å². The summed E-state index contributed by atoms with van der Waals surface area (Å²) >= 11 is 0. The number of carbonyl (C=O) groups excluding carboxylic acids is 2. The third-order valence-corrected chi connectivity index (χ3v) is 11.1. The molecule has 0 heterocycles. The topological polar surface area (TPSA) is 71.1 Å². The Hall–Kier alpha value is -4.93. The molecule has 0 aliphatic carbocycles. The SMILES string of the molecule is COc1ccc([P+](OC(=O)C(C)c2cccc(C(=O)c3ccccc3)c2)(c2ccc(OC)cc2)c2ccc(OC)cc2)cc1. The van der Waals surface area contributed by atoms with Crippen molar-refractivity contribution in [2.45, 2.75) is 12.8 Å². The minimum atomic E-state index is -3.04. The van der Waals surface area contributed by atoms with Crippen molar-refractivity contribution < 1.29 is 28.3 Å². The Morgan fingerprint density at radius 1 is 0.545 bits per heavy atom. The first-order valence-corrected chi connectivity index (χ1v) is 15.9. The van der Waals surface area contributed by atoms with Gasteiger partial charge in [-0.2, -0.15) is 0 Å². The molecule has 5 aromatic rings. The van der Waals surface area contributed by atoms with Crippen LogP contribution in [-0.2, 0) is 9.32 Å². The van der Waals surface area contributed by atoms with Crippen LogP contribution in [0.5, 0.6) is 17.2 Å². The smallest absolute Gasteiger partial charge is 0.358 e. The lowest BCUT2D eigenvalue weighted by atomic mass is 9.96. The van der Waals surface area contributed by atoms with Gasteiger partial charge in [0.25, 0.3) is 7.49 Å². The van der Waals surface area contributed by atoms with Crippen molar-refractivity contribution in [3.63, 3.8) is 0 Å². The summed E-state index contributed by atoms with van der Waals surface area (Å²) in [5.74, 6) is 0.894. The quantitative estimate of drug-likeness (QED) is 0.127. The normalized spacial score (nSPS) is 11.7. The molecule has 5 rings (SSSR count). The van der Waals surface area contributed by atoms with Gasteiger partial charge in [0.1, 0.15) is 33.2 Å². The van der Waals surface area contributed by atoms with Gasteiger partial charge in [-0.25, -0.2) is 4.79 Å². The number of methoxy groups -OCH3 is 3. The third-order valence-electron chi connectivity index (χ3n) is 7.57. The molecule has 44 heavy (non-hydrogen) atoms. The van der Waals surface area contributed by atoms with Gasteiger partial charge in [0.2, 0.25) is 0 Å². The molecule has 0 bridgehead atoms. The van der Waals surface area contributed by atoms with Crippen LogP contribution in [0.2, 0.25) is 0 Å². The third kappa shape index (κ3) is 6.22. The van der Waals surface area contributed by atoms with Gasteiger partial charge in [-0.3, -0.25) is 9.32 Å². The van der Waals surface area contributed by atoms with Crippen LogP contribution in [0, 0.1) is 0 Å². The van der Waals surface area contributed by atoms with E-state index in [1.807, 2.05) is 97.1 Å². The van der Waals surface area contributed by atoms with Gasteiger partial charge in [0, 0.05) is 11.1 Å². The molecule has 6 nitrogen and oxygen atoms in total. The van der Waals surface area contributed by atoms with Crippen LogP contribution >= 0.6 is 7.49 Å². The van der Waals surface area contributed by atoms with Crippen molar-refractivity contribution in [2.24, 2.45) is 0 Å². The van der Waals surface area contributed by atoms with Crippen LogP contribution in [0.15, 0.2) is 127 Å². The number of ketones is 1. The average molecular weight is 606 g/mol. The Labute approximate surface area is 258 Å². The van der Waals surface area contributed by atoms with Gasteiger partial charge >= 0.3 is 5.97 Å². The van der Waals surface area contributed by atoms with E-state index >= 15 is 0 Å². The minimum absolute atomic E-state index is 0.107. The molecule has 0 aromatic heterocycles. The zero-order chi connectivity index (χ0) is 31.1. The first-order valence-electron chi connectivity index (χ1n) is 14.2. The number of rotatable bonds is 11. The second-order valence-electron chi connectivity index (χ2n) is 10.2. The molecule has 7 heteroatoms. The number of carbonyl (C=O) groups is 2. The summed E-state index contributed by atoms with van der Waals surface area (Å²) in [6.07, 6.45) is 0. The molecule has 0 N–H and O–H groups in total. The molecule has 0 aliphatic rings. The lowest BCUT2D eigenvalue weighted by Crippen LogP contribution is -2.35. The fraction of sp³-hybridized carbons (Fsp3) is 0.135. The Balaban J connectivity index is 1.61. The number of benzene rings is 5. The zero-order valence-electron chi connectivity index (χ0n) is 25.1. The zero-order valence-corrected chi connectivity index (χ0v) is 26.0. The second-order valence-corrected chi connectivity index (χ2v) is 13.1. The summed E-state index contributed by atoms with van der Waals surface area (Å²) in [5, 5.41) is 2.51. The monoisotopic (exact) mass is 605 g/mol. The average Bonchev–Trinajstić information content (AvgIpc) is 3.10. The highest BCUT2D eigenvalue weighted by Gasteiger charge is 2.52. The van der Waals surface area contributed by atoms with E-state index in [-0.39, 0.29) is 5.78 Å². The molecule has 0 amide bonds. The summed E-state index contributed by atoms with van der Waals surface area (Å²) in [5.41, 5.74) is 1.78. The predicted molar refractivity (Wildman–Crippen MR) is 176 cm³/mol. The van der Waals surface area contributed by atoms with Gasteiger partial charge in [-0.1, -0.05) is 48.5 Å². The molecule has 0 saturated carbocycles. The maximum absolute atomic E-state index is 14.2. The number of hydrogen-bond donors (Lipinski definition) is 0. The lowest BCUT2D eigenvalue weighted by Gasteiger charge is -2.26. The van der Waals surface area contributed by atoms with Crippen molar-refractivity contribution in [3.8, 4) is 17.2 Å². The largest absolute Gasteiger partial charge is 0.497 e. The van der Waals surface area contributed by atoms with Crippen molar-refractivity contribution in [3.05, 3.63) is 144 Å². The fourth-order valence-corrected chi connectivity index (χ4v) is 8.38. The highest BCUT2D eigenvalue weighted by atomic mass is 31.2. The highest BCUT2D eigenvalue weighted by Crippen LogP contribution is 2.57. The number of ether oxygens (including phenoxy) is 3. The van der Waals surface area contributed by atoms with E-state index in [9.17, 15) is 9.59 Å². The van der Waals surface area contributed by atoms with Crippen LogP contribution in [0.25, 0.3) is 0 Å². The van der Waals surface area contributed by atoms with E-state index in [4.69, 9.17) is 18.7 Å². The molecule has 5 aromatic carbocycles. The van der Waals surface area contributed by atoms with Gasteiger partial charge in [-0.15, -0.1) is 0 Å². The first kappa shape index (κ1) is 30.5. The van der Waals surface area contributed by atoms with Gasteiger partial charge < -0.3 is 14.2 Å². The maximum atomic E-state index is 14.2. The second kappa shape index (κ2) is 13.6. The van der Waals surface area contributed by atoms with E-state index in [0.717, 1.165) is 15.9 Å². The highest BCUT2D eigenvalue weighted by molar-refractivity contribution is 7.92. The predicted octanol–water partition coefficient (Wildman–Crippen LogP) is 6.50. The summed E-state index contributed by atoms with van der Waals surface area (Å²) < 4.78 is 23.1. The van der Waals surface area contributed by atoms with Crippen molar-refractivity contribution >= 4 is 35.2 Å². The molecule has 0 aliphatic heterocycles. The van der Waals surface area contributed by atoms with Crippen LogP contribution in [0.1, 0.15) is 34.3 Å². The molecular formula is C37H34O6P+. The van der Waals surface area contributed by atoms with E-state index in [1.165, 1.54) is 0 Å². The van der Waals surface area contributed by atoms with Crippen LogP contribution < -0.4 is 30.1 Å². The molecule has 0 saturated heterocycles. The lowest BCUT2D eigenvalue weighted by molar-refractivity contribution is -0.135. The summed E-state index contributed by atoms with van der Waals surface area (Å²) in [6.45, 7) is 1.80. The molecule has 0 radical (unpaired) electrons. The van der Waals surface area contributed by atoms with Crippen LogP contribution in [-0.4, -0.2) is 33.1 Å². The van der Waals surface area contributed by atoms with Crippen LogP contribution in [0.3, 0.4) is 0 Å². The molecule has 1 unspecified atom stereocenters. The Bertz CT molecular complexity index is 1600. The first-order chi connectivity index (χ1) is 21.4. The fourth-order valence-electron chi connectivity index (χ4n) is 5.04. The Kier molecular flexibility index (Phi) is 9.42. The molecule has 0 fully saturated rings. The summed E-state index contributed by atoms with van der Waals surface area (Å²) in [7, 11) is 1.80. The van der Waals surface area contributed by atoms with Gasteiger partial charge in [0.15, 0.2) is 5.78 Å². The number of hydrogen-bond acceptors (Lipinski definition) is 6. The molecule has 1 atom stereocenters. The van der Waals surface area contributed by atoms with E-state index in [1.54, 1.807) is 58.6 Å². The van der Waals surface area contributed by atoms with Crippen molar-refractivity contribution in [1.82, 2.24) is 0 Å². The van der Waals surface area contributed by atoms with Crippen molar-refractivity contribution in [1.29, 1.82) is 0 Å². The molecular weight excluding hydrogens is 571 g/mol. The minimum Gasteiger partial charge on any atom is -0.497 e. The molecule has 222 valence electrons. The molecule has 0 spiro atoms. The maximum Gasteiger partial charge on any atom is 0.358 e. The van der Waals surface area contributed by atoms with E-state index in [2.05, 4.69) is 0 Å².